The van der Waals surface area contributed by atoms with Crippen molar-refractivity contribution in [2.45, 2.75) is 20.4 Å². The summed E-state index contributed by atoms with van der Waals surface area (Å²) in [5.74, 6) is -0.208. The zero-order valence-corrected chi connectivity index (χ0v) is 13.5. The monoisotopic (exact) mass is 299 g/mol. The Balaban J connectivity index is 2.13. The first-order valence-electron chi connectivity index (χ1n) is 7.26. The van der Waals surface area contributed by atoms with Gasteiger partial charge in [-0.2, -0.15) is 0 Å². The molecular weight excluding hydrogens is 277 g/mol. The van der Waals surface area contributed by atoms with Crippen LogP contribution in [0.1, 0.15) is 16.7 Å². The van der Waals surface area contributed by atoms with E-state index in [1.165, 1.54) is 6.07 Å². The zero-order valence-electron chi connectivity index (χ0n) is 13.5. The van der Waals surface area contributed by atoms with Gasteiger partial charge < -0.3 is 10.2 Å². The number of hydrogen-bond acceptors (Lipinski definition) is 2. The van der Waals surface area contributed by atoms with Gasteiger partial charge in [0.2, 0.25) is 0 Å². The largest absolute Gasteiger partial charge is 0.381 e. The molecular formula is C18H22FN3. The number of aryl methyl sites for hydroxylation is 2. The lowest BCUT2D eigenvalue weighted by Crippen LogP contribution is -2.07. The van der Waals surface area contributed by atoms with Crippen LogP contribution in [-0.4, -0.2) is 25.3 Å². The highest BCUT2D eigenvalue weighted by Crippen LogP contribution is 2.26. The van der Waals surface area contributed by atoms with Crippen LogP contribution >= 0.6 is 0 Å². The standard InChI is InChI=1S/C18H22FN3/c1-13-9-18(21-12-22(3)4)14(2)8-17(13)20-11-15-6-5-7-16(19)10-15/h5-10,12,20H,11H2,1-4H3. The van der Waals surface area contributed by atoms with Gasteiger partial charge in [-0.05, 0) is 54.8 Å². The normalized spacial score (nSPS) is 11.0. The van der Waals surface area contributed by atoms with E-state index in [-0.39, 0.29) is 5.82 Å². The Morgan fingerprint density at radius 2 is 1.91 bits per heavy atom. The van der Waals surface area contributed by atoms with Gasteiger partial charge in [0.05, 0.1) is 12.0 Å². The molecule has 0 spiro atoms. The molecule has 0 aliphatic carbocycles. The number of anilines is 1. The number of nitrogens with one attached hydrogen (secondary N) is 1. The predicted molar refractivity (Wildman–Crippen MR) is 91.5 cm³/mol. The summed E-state index contributed by atoms with van der Waals surface area (Å²) in [7, 11) is 3.89. The van der Waals surface area contributed by atoms with Crippen LogP contribution in [0.3, 0.4) is 0 Å². The summed E-state index contributed by atoms with van der Waals surface area (Å²) in [5.41, 5.74) is 5.15. The Morgan fingerprint density at radius 3 is 2.59 bits per heavy atom. The summed E-state index contributed by atoms with van der Waals surface area (Å²) in [5, 5.41) is 3.36. The molecule has 0 heterocycles. The summed E-state index contributed by atoms with van der Waals surface area (Å²) >= 11 is 0. The smallest absolute Gasteiger partial charge is 0.123 e. The lowest BCUT2D eigenvalue weighted by Gasteiger charge is -2.13. The minimum Gasteiger partial charge on any atom is -0.381 e. The summed E-state index contributed by atoms with van der Waals surface area (Å²) in [6.45, 7) is 4.68. The first-order valence-corrected chi connectivity index (χ1v) is 7.26. The Bertz CT molecular complexity index is 678. The Kier molecular flexibility index (Phi) is 5.15. The molecule has 0 fully saturated rings. The molecule has 2 aromatic rings. The van der Waals surface area contributed by atoms with Crippen molar-refractivity contribution in [3.05, 3.63) is 58.9 Å². The minimum absolute atomic E-state index is 0.208. The van der Waals surface area contributed by atoms with Gasteiger partial charge >= 0.3 is 0 Å². The molecule has 0 atom stereocenters. The Morgan fingerprint density at radius 1 is 1.14 bits per heavy atom. The van der Waals surface area contributed by atoms with Gasteiger partial charge in [0.25, 0.3) is 0 Å². The van der Waals surface area contributed by atoms with E-state index in [4.69, 9.17) is 0 Å². The molecule has 0 aliphatic heterocycles. The van der Waals surface area contributed by atoms with Crippen LogP contribution in [0.2, 0.25) is 0 Å². The summed E-state index contributed by atoms with van der Waals surface area (Å²) in [6.07, 6.45) is 1.79. The van der Waals surface area contributed by atoms with Crippen molar-refractivity contribution in [1.82, 2.24) is 4.90 Å². The molecule has 116 valence electrons. The van der Waals surface area contributed by atoms with Crippen molar-refractivity contribution >= 4 is 17.7 Å². The molecule has 0 aromatic heterocycles. The molecule has 0 amide bonds. The molecule has 4 heteroatoms. The van der Waals surface area contributed by atoms with E-state index in [1.54, 1.807) is 18.5 Å². The van der Waals surface area contributed by atoms with Crippen LogP contribution < -0.4 is 5.32 Å². The van der Waals surface area contributed by atoms with E-state index in [1.807, 2.05) is 38.9 Å². The SMILES string of the molecule is Cc1cc(NCc2cccc(F)c2)c(C)cc1N=CN(C)C. The maximum absolute atomic E-state index is 13.2. The van der Waals surface area contributed by atoms with E-state index >= 15 is 0 Å². The molecule has 2 aromatic carbocycles. The number of hydrogen-bond donors (Lipinski definition) is 1. The quantitative estimate of drug-likeness (QED) is 0.659. The van der Waals surface area contributed by atoms with Gasteiger partial charge in [-0.1, -0.05) is 12.1 Å². The molecule has 1 N–H and O–H groups in total. The molecule has 0 saturated heterocycles. The lowest BCUT2D eigenvalue weighted by molar-refractivity contribution is 0.626. The predicted octanol–water partition coefficient (Wildman–Crippen LogP) is 4.28. The van der Waals surface area contributed by atoms with Crippen LogP contribution in [-0.2, 0) is 6.54 Å². The second-order valence-corrected chi connectivity index (χ2v) is 5.65. The molecule has 0 aliphatic rings. The van der Waals surface area contributed by atoms with Crippen molar-refractivity contribution in [2.75, 3.05) is 19.4 Å². The van der Waals surface area contributed by atoms with Gasteiger partial charge in [0, 0.05) is 26.3 Å². The summed E-state index contributed by atoms with van der Waals surface area (Å²) < 4.78 is 13.2. The highest BCUT2D eigenvalue weighted by Gasteiger charge is 2.04. The fraction of sp³-hybridized carbons (Fsp3) is 0.278. The molecule has 0 bridgehead atoms. The van der Waals surface area contributed by atoms with E-state index < -0.39 is 0 Å². The third kappa shape index (κ3) is 4.32. The fourth-order valence-electron chi connectivity index (χ4n) is 2.15. The molecule has 0 unspecified atom stereocenters. The average Bonchev–Trinajstić information content (AvgIpc) is 2.46. The fourth-order valence-corrected chi connectivity index (χ4v) is 2.15. The van der Waals surface area contributed by atoms with Crippen LogP contribution in [0, 0.1) is 19.7 Å². The first kappa shape index (κ1) is 16.0. The van der Waals surface area contributed by atoms with Crippen molar-refractivity contribution < 1.29 is 4.39 Å². The van der Waals surface area contributed by atoms with Gasteiger partial charge in [0.1, 0.15) is 5.82 Å². The van der Waals surface area contributed by atoms with Crippen LogP contribution in [0.25, 0.3) is 0 Å². The van der Waals surface area contributed by atoms with E-state index in [2.05, 4.69) is 22.4 Å². The Labute approximate surface area is 131 Å². The summed E-state index contributed by atoms with van der Waals surface area (Å²) in [4.78, 5) is 6.37. The van der Waals surface area contributed by atoms with Gasteiger partial charge in [-0.3, -0.25) is 0 Å². The number of nitrogens with zero attached hydrogens (tertiary/aromatic N) is 2. The maximum atomic E-state index is 13.2. The minimum atomic E-state index is -0.208. The zero-order chi connectivity index (χ0) is 16.1. The summed E-state index contributed by atoms with van der Waals surface area (Å²) in [6, 6.07) is 10.8. The average molecular weight is 299 g/mol. The van der Waals surface area contributed by atoms with E-state index in [9.17, 15) is 4.39 Å². The second kappa shape index (κ2) is 7.07. The van der Waals surface area contributed by atoms with E-state index in [0.29, 0.717) is 6.54 Å². The maximum Gasteiger partial charge on any atom is 0.123 e. The number of aliphatic imine (C=N–C) groups is 1. The van der Waals surface area contributed by atoms with Gasteiger partial charge in [0.15, 0.2) is 0 Å². The molecule has 2 rings (SSSR count). The number of rotatable bonds is 5. The lowest BCUT2D eigenvalue weighted by atomic mass is 10.1. The van der Waals surface area contributed by atoms with Gasteiger partial charge in [-0.25, -0.2) is 9.38 Å². The van der Waals surface area contributed by atoms with Gasteiger partial charge in [-0.15, -0.1) is 0 Å². The molecule has 22 heavy (non-hydrogen) atoms. The number of benzene rings is 2. The number of halogens is 1. The van der Waals surface area contributed by atoms with Crippen molar-refractivity contribution in [2.24, 2.45) is 4.99 Å². The van der Waals surface area contributed by atoms with Crippen LogP contribution in [0.5, 0.6) is 0 Å². The van der Waals surface area contributed by atoms with Crippen LogP contribution in [0.4, 0.5) is 15.8 Å². The second-order valence-electron chi connectivity index (χ2n) is 5.65. The van der Waals surface area contributed by atoms with Crippen molar-refractivity contribution in [3.63, 3.8) is 0 Å². The van der Waals surface area contributed by atoms with Crippen molar-refractivity contribution in [1.29, 1.82) is 0 Å². The highest BCUT2D eigenvalue weighted by atomic mass is 19.1. The third-order valence-corrected chi connectivity index (χ3v) is 3.34. The third-order valence-electron chi connectivity index (χ3n) is 3.34. The first-order chi connectivity index (χ1) is 10.5. The van der Waals surface area contributed by atoms with Crippen molar-refractivity contribution in [3.8, 4) is 0 Å². The van der Waals surface area contributed by atoms with Crippen LogP contribution in [0.15, 0.2) is 41.4 Å². The highest BCUT2D eigenvalue weighted by molar-refractivity contribution is 5.67. The van der Waals surface area contributed by atoms with E-state index in [0.717, 1.165) is 28.1 Å². The molecule has 0 radical (unpaired) electrons. The topological polar surface area (TPSA) is 27.6 Å². The molecule has 3 nitrogen and oxygen atoms in total. The Hall–Kier alpha value is -2.36. The molecule has 0 saturated carbocycles.